The molecule has 1 aromatic carbocycles. The molecule has 2 aromatic rings. The summed E-state index contributed by atoms with van der Waals surface area (Å²) in [5.74, 6) is -0.201. The number of halogens is 1. The first-order valence-electron chi connectivity index (χ1n) is 5.88. The molecule has 1 atom stereocenters. The zero-order chi connectivity index (χ0) is 11.7. The van der Waals surface area contributed by atoms with Crippen LogP contribution in [0.15, 0.2) is 30.5 Å². The van der Waals surface area contributed by atoms with Crippen LogP contribution in [0.1, 0.15) is 24.6 Å². The van der Waals surface area contributed by atoms with Gasteiger partial charge in [0.25, 0.3) is 0 Å². The molecule has 0 unspecified atom stereocenters. The zero-order valence-corrected chi connectivity index (χ0v) is 9.41. The van der Waals surface area contributed by atoms with Crippen LogP contribution in [0.5, 0.6) is 0 Å². The van der Waals surface area contributed by atoms with Crippen molar-refractivity contribution in [2.75, 3.05) is 6.54 Å². The highest BCUT2D eigenvalue weighted by atomic mass is 19.1. The summed E-state index contributed by atoms with van der Waals surface area (Å²) in [7, 11) is 0. The van der Waals surface area contributed by atoms with Crippen molar-refractivity contribution in [1.29, 1.82) is 0 Å². The fourth-order valence-corrected chi connectivity index (χ4v) is 2.39. The van der Waals surface area contributed by atoms with Crippen LogP contribution >= 0.6 is 0 Å². The first kappa shape index (κ1) is 10.5. The van der Waals surface area contributed by atoms with Crippen LogP contribution in [0.25, 0.3) is 11.1 Å². The van der Waals surface area contributed by atoms with Gasteiger partial charge >= 0.3 is 0 Å². The molecule has 2 N–H and O–H groups in total. The molecule has 1 aromatic heterocycles. The lowest BCUT2D eigenvalue weighted by Crippen LogP contribution is -2.14. The lowest BCUT2D eigenvalue weighted by Gasteiger charge is -2.11. The van der Waals surface area contributed by atoms with E-state index < -0.39 is 0 Å². The van der Waals surface area contributed by atoms with E-state index in [0.29, 0.717) is 5.56 Å². The van der Waals surface area contributed by atoms with Gasteiger partial charge in [0.05, 0.1) is 11.9 Å². The number of nitrogens with zero attached hydrogens (tertiary/aromatic N) is 1. The minimum atomic E-state index is -0.201. The summed E-state index contributed by atoms with van der Waals surface area (Å²) in [6.45, 7) is 1.01. The summed E-state index contributed by atoms with van der Waals surface area (Å²) in [6, 6.07) is 7.09. The molecule has 3 nitrogen and oxygen atoms in total. The van der Waals surface area contributed by atoms with Crippen molar-refractivity contribution in [1.82, 2.24) is 15.5 Å². The number of aromatic nitrogens is 2. The van der Waals surface area contributed by atoms with E-state index in [2.05, 4.69) is 15.5 Å². The van der Waals surface area contributed by atoms with Crippen molar-refractivity contribution < 1.29 is 4.39 Å². The maximum absolute atomic E-state index is 13.8. The lowest BCUT2D eigenvalue weighted by molar-refractivity contribution is 0.620. The predicted molar refractivity (Wildman–Crippen MR) is 64.0 cm³/mol. The van der Waals surface area contributed by atoms with Crippen molar-refractivity contribution in [3.8, 4) is 11.1 Å². The molecule has 0 bridgehead atoms. The summed E-state index contributed by atoms with van der Waals surface area (Å²) in [4.78, 5) is 0. The van der Waals surface area contributed by atoms with Crippen molar-refractivity contribution in [3.05, 3.63) is 42.0 Å². The Morgan fingerprint density at radius 2 is 2.12 bits per heavy atom. The second kappa shape index (κ2) is 4.30. The lowest BCUT2D eigenvalue weighted by atomic mass is 10.0. The third kappa shape index (κ3) is 1.85. The van der Waals surface area contributed by atoms with Crippen LogP contribution in [0.4, 0.5) is 4.39 Å². The quantitative estimate of drug-likeness (QED) is 0.834. The van der Waals surface area contributed by atoms with Crippen molar-refractivity contribution in [2.24, 2.45) is 0 Å². The predicted octanol–water partition coefficient (Wildman–Crippen LogP) is 2.64. The van der Waals surface area contributed by atoms with Gasteiger partial charge in [0, 0.05) is 17.2 Å². The molecule has 1 aliphatic heterocycles. The standard InChI is InChI=1S/C13H14FN3/c14-11-5-2-1-4-9(11)10-8-16-17-13(10)12-6-3-7-15-12/h1-2,4-5,8,12,15H,3,6-7H2,(H,16,17)/t12-/m0/s1. The van der Waals surface area contributed by atoms with Gasteiger partial charge in [-0.2, -0.15) is 5.10 Å². The zero-order valence-electron chi connectivity index (χ0n) is 9.41. The Morgan fingerprint density at radius 3 is 2.88 bits per heavy atom. The molecule has 4 heteroatoms. The fraction of sp³-hybridized carbons (Fsp3) is 0.308. The molecule has 3 rings (SSSR count). The minimum absolute atomic E-state index is 0.201. The maximum atomic E-state index is 13.8. The topological polar surface area (TPSA) is 40.7 Å². The van der Waals surface area contributed by atoms with Gasteiger partial charge < -0.3 is 5.32 Å². The van der Waals surface area contributed by atoms with E-state index in [1.165, 1.54) is 6.07 Å². The van der Waals surface area contributed by atoms with E-state index >= 15 is 0 Å². The molecular weight excluding hydrogens is 217 g/mol. The van der Waals surface area contributed by atoms with Gasteiger partial charge in [-0.25, -0.2) is 4.39 Å². The molecular formula is C13H14FN3. The summed E-state index contributed by atoms with van der Waals surface area (Å²) < 4.78 is 13.8. The van der Waals surface area contributed by atoms with E-state index in [1.54, 1.807) is 18.3 Å². The minimum Gasteiger partial charge on any atom is -0.309 e. The Balaban J connectivity index is 2.04. The number of rotatable bonds is 2. The number of nitrogens with one attached hydrogen (secondary N) is 2. The van der Waals surface area contributed by atoms with Crippen molar-refractivity contribution >= 4 is 0 Å². The Morgan fingerprint density at radius 1 is 1.24 bits per heavy atom. The van der Waals surface area contributed by atoms with Crippen LogP contribution in [0.2, 0.25) is 0 Å². The van der Waals surface area contributed by atoms with Crippen molar-refractivity contribution in [2.45, 2.75) is 18.9 Å². The summed E-state index contributed by atoms with van der Waals surface area (Å²) in [5, 5.41) is 10.4. The van der Waals surface area contributed by atoms with Crippen LogP contribution in [0.3, 0.4) is 0 Å². The second-order valence-electron chi connectivity index (χ2n) is 4.33. The number of aromatic amines is 1. The van der Waals surface area contributed by atoms with Gasteiger partial charge in [-0.1, -0.05) is 18.2 Å². The summed E-state index contributed by atoms with van der Waals surface area (Å²) in [6.07, 6.45) is 3.93. The van der Waals surface area contributed by atoms with E-state index in [1.807, 2.05) is 6.07 Å². The van der Waals surface area contributed by atoms with E-state index in [9.17, 15) is 4.39 Å². The van der Waals surface area contributed by atoms with Gasteiger partial charge in [-0.05, 0) is 25.5 Å². The number of H-pyrrole nitrogens is 1. The van der Waals surface area contributed by atoms with E-state index in [0.717, 1.165) is 30.6 Å². The number of hydrogen-bond donors (Lipinski definition) is 2. The molecule has 1 aliphatic rings. The van der Waals surface area contributed by atoms with Gasteiger partial charge in [0.15, 0.2) is 0 Å². The average Bonchev–Trinajstić information content (AvgIpc) is 3.00. The Labute approximate surface area is 99.1 Å². The molecule has 2 heterocycles. The smallest absolute Gasteiger partial charge is 0.131 e. The maximum Gasteiger partial charge on any atom is 0.131 e. The molecule has 0 spiro atoms. The third-order valence-electron chi connectivity index (χ3n) is 3.24. The third-order valence-corrected chi connectivity index (χ3v) is 3.24. The van der Waals surface area contributed by atoms with Crippen molar-refractivity contribution in [3.63, 3.8) is 0 Å². The number of hydrogen-bond acceptors (Lipinski definition) is 2. The molecule has 0 amide bonds. The highest BCUT2D eigenvalue weighted by Crippen LogP contribution is 2.31. The highest BCUT2D eigenvalue weighted by molar-refractivity contribution is 5.66. The average molecular weight is 231 g/mol. The summed E-state index contributed by atoms with van der Waals surface area (Å²) >= 11 is 0. The van der Waals surface area contributed by atoms with Crippen LogP contribution in [-0.2, 0) is 0 Å². The summed E-state index contributed by atoms with van der Waals surface area (Å²) in [5.41, 5.74) is 2.47. The fourth-order valence-electron chi connectivity index (χ4n) is 2.39. The van der Waals surface area contributed by atoms with E-state index in [-0.39, 0.29) is 11.9 Å². The van der Waals surface area contributed by atoms with Crippen LogP contribution < -0.4 is 5.32 Å². The van der Waals surface area contributed by atoms with Gasteiger partial charge in [-0.15, -0.1) is 0 Å². The van der Waals surface area contributed by atoms with Gasteiger partial charge in [0.1, 0.15) is 5.82 Å². The molecule has 1 fully saturated rings. The molecule has 17 heavy (non-hydrogen) atoms. The Bertz CT molecular complexity index is 515. The molecule has 1 saturated heterocycles. The van der Waals surface area contributed by atoms with Crippen LogP contribution in [-0.4, -0.2) is 16.7 Å². The second-order valence-corrected chi connectivity index (χ2v) is 4.33. The van der Waals surface area contributed by atoms with Crippen LogP contribution in [0, 0.1) is 5.82 Å². The molecule has 0 aliphatic carbocycles. The van der Waals surface area contributed by atoms with Gasteiger partial charge in [-0.3, -0.25) is 5.10 Å². The SMILES string of the molecule is Fc1ccccc1-c1cn[nH]c1[C@@H]1CCCN1. The largest absolute Gasteiger partial charge is 0.309 e. The molecule has 0 saturated carbocycles. The first-order chi connectivity index (χ1) is 8.36. The van der Waals surface area contributed by atoms with E-state index in [4.69, 9.17) is 0 Å². The highest BCUT2D eigenvalue weighted by Gasteiger charge is 2.22. The molecule has 0 radical (unpaired) electrons. The van der Waals surface area contributed by atoms with Gasteiger partial charge in [0.2, 0.25) is 0 Å². The molecule has 88 valence electrons. The first-order valence-corrected chi connectivity index (χ1v) is 5.88. The normalized spacial score (nSPS) is 19.7. The Hall–Kier alpha value is -1.68. The monoisotopic (exact) mass is 231 g/mol. The number of benzene rings is 1. The Kier molecular flexibility index (Phi) is 2.65.